The molecular formula is C14H20N2O3S. The van der Waals surface area contributed by atoms with Crippen molar-refractivity contribution in [3.05, 3.63) is 10.4 Å². The molecule has 1 saturated heterocycles. The van der Waals surface area contributed by atoms with E-state index in [4.69, 9.17) is 15.2 Å². The van der Waals surface area contributed by atoms with Crippen molar-refractivity contribution in [2.45, 2.75) is 31.3 Å². The van der Waals surface area contributed by atoms with Crippen molar-refractivity contribution in [3.8, 4) is 0 Å². The van der Waals surface area contributed by atoms with E-state index < -0.39 is 0 Å². The summed E-state index contributed by atoms with van der Waals surface area (Å²) in [5.74, 6) is 0.185. The Kier molecular flexibility index (Phi) is 3.60. The Balaban J connectivity index is 1.95. The highest BCUT2D eigenvalue weighted by Crippen LogP contribution is 2.52. The maximum atomic E-state index is 11.8. The number of esters is 1. The minimum Gasteiger partial charge on any atom is -0.465 e. The van der Waals surface area contributed by atoms with Crippen LogP contribution in [0.15, 0.2) is 0 Å². The van der Waals surface area contributed by atoms with Crippen LogP contribution >= 0.6 is 11.3 Å². The summed E-state index contributed by atoms with van der Waals surface area (Å²) in [5.41, 5.74) is 7.99. The lowest BCUT2D eigenvalue weighted by Crippen LogP contribution is -2.22. The molecule has 2 N–H and O–H groups in total. The van der Waals surface area contributed by atoms with E-state index >= 15 is 0 Å². The van der Waals surface area contributed by atoms with Crippen LogP contribution in [0.3, 0.4) is 0 Å². The largest absolute Gasteiger partial charge is 0.465 e. The molecule has 0 aromatic carbocycles. The quantitative estimate of drug-likeness (QED) is 0.863. The van der Waals surface area contributed by atoms with Crippen LogP contribution in [0.2, 0.25) is 0 Å². The van der Waals surface area contributed by atoms with Gasteiger partial charge in [-0.2, -0.15) is 0 Å². The first-order valence-electron chi connectivity index (χ1n) is 6.94. The van der Waals surface area contributed by atoms with E-state index in [1.165, 1.54) is 18.4 Å². The minimum absolute atomic E-state index is 0.270. The van der Waals surface area contributed by atoms with Gasteiger partial charge >= 0.3 is 5.97 Å². The SMILES string of the molecule is COC(=O)c1sc(N2CCC(OC)C2)c(C2CC2)c1N. The summed E-state index contributed by atoms with van der Waals surface area (Å²) in [6.45, 7) is 1.83. The average molecular weight is 296 g/mol. The van der Waals surface area contributed by atoms with Crippen LogP contribution in [0.1, 0.15) is 40.4 Å². The molecule has 1 unspecified atom stereocenters. The average Bonchev–Trinajstić information content (AvgIpc) is 3.07. The number of nitrogens with zero attached hydrogens (tertiary/aromatic N) is 1. The molecule has 0 bridgehead atoms. The fourth-order valence-electron chi connectivity index (χ4n) is 2.79. The van der Waals surface area contributed by atoms with Gasteiger partial charge in [-0.15, -0.1) is 11.3 Å². The van der Waals surface area contributed by atoms with Gasteiger partial charge in [-0.1, -0.05) is 0 Å². The van der Waals surface area contributed by atoms with E-state index in [-0.39, 0.29) is 12.1 Å². The number of anilines is 2. The highest BCUT2D eigenvalue weighted by atomic mass is 32.1. The second-order valence-electron chi connectivity index (χ2n) is 5.42. The Labute approximate surface area is 122 Å². The molecule has 1 aliphatic heterocycles. The lowest BCUT2D eigenvalue weighted by atomic mass is 10.1. The number of carbonyl (C=O) groups is 1. The second-order valence-corrected chi connectivity index (χ2v) is 6.42. The van der Waals surface area contributed by atoms with Crippen LogP contribution in [-0.2, 0) is 9.47 Å². The first-order valence-corrected chi connectivity index (χ1v) is 7.75. The maximum absolute atomic E-state index is 11.8. The van der Waals surface area contributed by atoms with E-state index in [2.05, 4.69) is 4.90 Å². The Morgan fingerprint density at radius 3 is 2.65 bits per heavy atom. The van der Waals surface area contributed by atoms with E-state index in [9.17, 15) is 4.79 Å². The molecule has 0 spiro atoms. The van der Waals surface area contributed by atoms with Crippen LogP contribution in [0.5, 0.6) is 0 Å². The molecule has 20 heavy (non-hydrogen) atoms. The van der Waals surface area contributed by atoms with Crippen LogP contribution < -0.4 is 10.6 Å². The first kappa shape index (κ1) is 13.7. The monoisotopic (exact) mass is 296 g/mol. The van der Waals surface area contributed by atoms with Crippen molar-refractivity contribution in [2.75, 3.05) is 37.9 Å². The molecule has 1 saturated carbocycles. The zero-order valence-electron chi connectivity index (χ0n) is 11.8. The molecule has 0 amide bonds. The fraction of sp³-hybridized carbons (Fsp3) is 0.643. The van der Waals surface area contributed by atoms with Gasteiger partial charge in [-0.25, -0.2) is 4.79 Å². The zero-order valence-corrected chi connectivity index (χ0v) is 12.7. The van der Waals surface area contributed by atoms with Gasteiger partial charge in [0.15, 0.2) is 0 Å². The molecule has 0 radical (unpaired) electrons. The van der Waals surface area contributed by atoms with Crippen LogP contribution in [0, 0.1) is 0 Å². The highest BCUT2D eigenvalue weighted by Gasteiger charge is 2.36. The van der Waals surface area contributed by atoms with Gasteiger partial charge in [0, 0.05) is 25.8 Å². The van der Waals surface area contributed by atoms with Crippen molar-refractivity contribution >= 4 is 28.0 Å². The molecule has 3 rings (SSSR count). The Hall–Kier alpha value is -1.27. The molecule has 2 heterocycles. The smallest absolute Gasteiger partial charge is 0.350 e. The Morgan fingerprint density at radius 2 is 2.10 bits per heavy atom. The number of methoxy groups -OCH3 is 2. The Bertz CT molecular complexity index is 525. The number of nitrogen functional groups attached to an aromatic ring is 1. The zero-order chi connectivity index (χ0) is 14.3. The number of thiophene rings is 1. The molecular weight excluding hydrogens is 276 g/mol. The predicted octanol–water partition coefficient (Wildman–Crippen LogP) is 2.22. The number of hydrogen-bond donors (Lipinski definition) is 1. The topological polar surface area (TPSA) is 64.8 Å². The molecule has 2 aliphatic rings. The van der Waals surface area contributed by atoms with Crippen LogP contribution in [-0.4, -0.2) is 39.4 Å². The van der Waals surface area contributed by atoms with Gasteiger partial charge in [0.05, 0.1) is 23.9 Å². The van der Waals surface area contributed by atoms with Gasteiger partial charge in [0.25, 0.3) is 0 Å². The van der Waals surface area contributed by atoms with Crippen LogP contribution in [0.4, 0.5) is 10.7 Å². The summed E-state index contributed by atoms with van der Waals surface area (Å²) in [6.07, 6.45) is 3.62. The van der Waals surface area contributed by atoms with E-state index in [0.29, 0.717) is 16.5 Å². The lowest BCUT2D eigenvalue weighted by Gasteiger charge is -2.18. The Morgan fingerprint density at radius 1 is 1.35 bits per heavy atom. The molecule has 6 heteroatoms. The third kappa shape index (κ3) is 2.27. The maximum Gasteiger partial charge on any atom is 0.350 e. The minimum atomic E-state index is -0.330. The van der Waals surface area contributed by atoms with Gasteiger partial charge in [0.1, 0.15) is 4.88 Å². The third-order valence-electron chi connectivity index (χ3n) is 4.09. The molecule has 1 aliphatic carbocycles. The standard InChI is InChI=1S/C14H20N2O3S/c1-18-9-5-6-16(7-9)13-10(8-3-4-8)11(15)12(20-13)14(17)19-2/h8-9H,3-7,15H2,1-2H3. The summed E-state index contributed by atoms with van der Waals surface area (Å²) in [7, 11) is 3.15. The predicted molar refractivity (Wildman–Crippen MR) is 79.7 cm³/mol. The van der Waals surface area contributed by atoms with Crippen molar-refractivity contribution in [1.29, 1.82) is 0 Å². The first-order chi connectivity index (χ1) is 9.65. The van der Waals surface area contributed by atoms with E-state index in [1.807, 2.05) is 0 Å². The summed E-state index contributed by atoms with van der Waals surface area (Å²) < 4.78 is 10.3. The molecule has 5 nitrogen and oxygen atoms in total. The highest BCUT2D eigenvalue weighted by molar-refractivity contribution is 7.18. The summed E-state index contributed by atoms with van der Waals surface area (Å²) in [6, 6.07) is 0. The van der Waals surface area contributed by atoms with E-state index in [1.54, 1.807) is 7.11 Å². The van der Waals surface area contributed by atoms with Crippen molar-refractivity contribution in [3.63, 3.8) is 0 Å². The van der Waals surface area contributed by atoms with Gasteiger partial charge < -0.3 is 20.1 Å². The molecule has 2 fully saturated rings. The van der Waals surface area contributed by atoms with Crippen molar-refractivity contribution < 1.29 is 14.3 Å². The molecule has 110 valence electrons. The summed E-state index contributed by atoms with van der Waals surface area (Å²) in [4.78, 5) is 14.7. The summed E-state index contributed by atoms with van der Waals surface area (Å²) in [5, 5.41) is 1.14. The lowest BCUT2D eigenvalue weighted by molar-refractivity contribution is 0.0607. The number of ether oxygens (including phenoxy) is 2. The number of carbonyl (C=O) groups excluding carboxylic acids is 1. The third-order valence-corrected chi connectivity index (χ3v) is 5.35. The number of nitrogens with two attached hydrogens (primary N) is 1. The second kappa shape index (κ2) is 5.26. The fourth-order valence-corrected chi connectivity index (χ4v) is 4.06. The van der Waals surface area contributed by atoms with Gasteiger partial charge in [0.2, 0.25) is 0 Å². The van der Waals surface area contributed by atoms with E-state index in [0.717, 1.165) is 42.9 Å². The molecule has 1 atom stereocenters. The van der Waals surface area contributed by atoms with Gasteiger partial charge in [-0.05, 0) is 25.2 Å². The van der Waals surface area contributed by atoms with Crippen molar-refractivity contribution in [2.24, 2.45) is 0 Å². The number of hydrogen-bond acceptors (Lipinski definition) is 6. The molecule has 1 aromatic heterocycles. The normalized spacial score (nSPS) is 22.3. The summed E-state index contributed by atoms with van der Waals surface area (Å²) >= 11 is 1.47. The van der Waals surface area contributed by atoms with Crippen molar-refractivity contribution in [1.82, 2.24) is 0 Å². The van der Waals surface area contributed by atoms with Gasteiger partial charge in [-0.3, -0.25) is 0 Å². The van der Waals surface area contributed by atoms with Crippen LogP contribution in [0.25, 0.3) is 0 Å². The number of rotatable bonds is 4. The molecule has 1 aromatic rings.